The molecule has 5 heteroatoms. The summed E-state index contributed by atoms with van der Waals surface area (Å²) in [5.74, 6) is -0.903. The van der Waals surface area contributed by atoms with Crippen LogP contribution in [0.1, 0.15) is 18.4 Å². The molecule has 5 nitrogen and oxygen atoms in total. The minimum absolute atomic E-state index is 0.0657. The van der Waals surface area contributed by atoms with Gasteiger partial charge in [-0.05, 0) is 25.0 Å². The first kappa shape index (κ1) is 15.1. The summed E-state index contributed by atoms with van der Waals surface area (Å²) in [6.45, 7) is 3.35. The highest BCUT2D eigenvalue weighted by molar-refractivity contribution is 5.93. The maximum absolute atomic E-state index is 12.7. The van der Waals surface area contributed by atoms with Crippen LogP contribution in [0.25, 0.3) is 0 Å². The summed E-state index contributed by atoms with van der Waals surface area (Å²) in [6, 6.07) is 7.42. The van der Waals surface area contributed by atoms with Gasteiger partial charge in [-0.3, -0.25) is 9.69 Å². The molecule has 1 aliphatic rings. The topological polar surface area (TPSA) is 60.9 Å². The highest BCUT2D eigenvalue weighted by Gasteiger charge is 2.23. The van der Waals surface area contributed by atoms with Crippen LogP contribution in [0.2, 0.25) is 0 Å². The number of aliphatic carboxylic acids is 1. The molecule has 0 saturated carbocycles. The molecule has 0 atom stereocenters. The molecular weight excluding hydrogens is 268 g/mol. The van der Waals surface area contributed by atoms with Gasteiger partial charge in [0.05, 0.1) is 6.42 Å². The van der Waals surface area contributed by atoms with E-state index in [0.717, 1.165) is 17.7 Å². The minimum atomic E-state index is -0.903. The van der Waals surface area contributed by atoms with Crippen LogP contribution in [-0.4, -0.2) is 41.6 Å². The molecule has 1 aliphatic heterocycles. The highest BCUT2D eigenvalue weighted by atomic mass is 16.4. The number of benzene rings is 1. The zero-order valence-electron chi connectivity index (χ0n) is 12.2. The van der Waals surface area contributed by atoms with Crippen molar-refractivity contribution in [2.45, 2.75) is 19.8 Å². The van der Waals surface area contributed by atoms with Crippen molar-refractivity contribution in [1.29, 1.82) is 0 Å². The number of hydrogen-bond acceptors (Lipinski definition) is 2. The van der Waals surface area contributed by atoms with Gasteiger partial charge in [-0.25, -0.2) is 4.79 Å². The number of anilines is 1. The van der Waals surface area contributed by atoms with Gasteiger partial charge in [0.15, 0.2) is 0 Å². The van der Waals surface area contributed by atoms with E-state index in [1.807, 2.05) is 37.3 Å². The number of carboxylic acid groups (broad SMARTS) is 1. The monoisotopic (exact) mass is 288 g/mol. The number of nitrogens with zero attached hydrogens (tertiary/aromatic N) is 2. The lowest BCUT2D eigenvalue weighted by atomic mass is 10.1. The van der Waals surface area contributed by atoms with Crippen molar-refractivity contribution in [1.82, 2.24) is 4.90 Å². The van der Waals surface area contributed by atoms with Gasteiger partial charge in [0.25, 0.3) is 0 Å². The van der Waals surface area contributed by atoms with Crippen molar-refractivity contribution < 1.29 is 14.7 Å². The van der Waals surface area contributed by atoms with Crippen molar-refractivity contribution in [2.75, 3.05) is 24.5 Å². The lowest BCUT2D eigenvalue weighted by molar-refractivity contribution is -0.136. The number of hydrogen-bond donors (Lipinski definition) is 1. The SMILES string of the molecule is Cc1ccccc1N(CCC(=O)O)C(=O)N1CC=CCC1. The molecular formula is C16H20N2O3. The van der Waals surface area contributed by atoms with Crippen molar-refractivity contribution in [2.24, 2.45) is 0 Å². The second-order valence-corrected chi connectivity index (χ2v) is 5.07. The molecule has 0 saturated heterocycles. The first-order valence-corrected chi connectivity index (χ1v) is 7.08. The Bertz CT molecular complexity index is 554. The predicted molar refractivity (Wildman–Crippen MR) is 81.5 cm³/mol. The molecule has 1 aromatic rings. The maximum atomic E-state index is 12.7. The van der Waals surface area contributed by atoms with Gasteiger partial charge < -0.3 is 10.0 Å². The molecule has 1 aromatic carbocycles. The highest BCUT2D eigenvalue weighted by Crippen LogP contribution is 2.22. The van der Waals surface area contributed by atoms with Crippen LogP contribution in [-0.2, 0) is 4.79 Å². The van der Waals surface area contributed by atoms with E-state index in [0.29, 0.717) is 13.1 Å². The zero-order valence-corrected chi connectivity index (χ0v) is 12.2. The van der Waals surface area contributed by atoms with Crippen molar-refractivity contribution in [3.8, 4) is 0 Å². The van der Waals surface area contributed by atoms with Crippen molar-refractivity contribution >= 4 is 17.7 Å². The number of urea groups is 1. The fourth-order valence-electron chi connectivity index (χ4n) is 2.38. The largest absolute Gasteiger partial charge is 0.481 e. The standard InChI is InChI=1S/C16H20N2O3/c1-13-7-3-4-8-14(13)18(12-9-15(19)20)16(21)17-10-5-2-6-11-17/h2-5,7-8H,6,9-12H2,1H3,(H,19,20). The van der Waals surface area contributed by atoms with E-state index < -0.39 is 5.97 Å². The summed E-state index contributed by atoms with van der Waals surface area (Å²) < 4.78 is 0. The molecule has 1 N–H and O–H groups in total. The van der Waals surface area contributed by atoms with Crippen LogP contribution in [0.15, 0.2) is 36.4 Å². The summed E-state index contributed by atoms with van der Waals surface area (Å²) in [5.41, 5.74) is 1.74. The summed E-state index contributed by atoms with van der Waals surface area (Å²) in [5, 5.41) is 8.91. The van der Waals surface area contributed by atoms with Gasteiger partial charge in [-0.15, -0.1) is 0 Å². The second-order valence-electron chi connectivity index (χ2n) is 5.07. The summed E-state index contributed by atoms with van der Waals surface area (Å²) in [7, 11) is 0. The van der Waals surface area contributed by atoms with E-state index in [-0.39, 0.29) is 19.0 Å². The number of rotatable bonds is 4. The lowest BCUT2D eigenvalue weighted by Crippen LogP contribution is -2.45. The Morgan fingerprint density at radius 3 is 2.67 bits per heavy atom. The third kappa shape index (κ3) is 3.84. The van der Waals surface area contributed by atoms with Gasteiger partial charge >= 0.3 is 12.0 Å². The van der Waals surface area contributed by atoms with E-state index in [9.17, 15) is 9.59 Å². The zero-order chi connectivity index (χ0) is 15.2. The second kappa shape index (κ2) is 6.92. The number of amides is 2. The normalized spacial score (nSPS) is 14.0. The quantitative estimate of drug-likeness (QED) is 0.866. The average molecular weight is 288 g/mol. The Balaban J connectivity index is 2.23. The molecule has 0 aliphatic carbocycles. The van der Waals surface area contributed by atoms with Crippen molar-refractivity contribution in [3.63, 3.8) is 0 Å². The molecule has 2 rings (SSSR count). The number of carboxylic acids is 1. The Hall–Kier alpha value is -2.30. The lowest BCUT2D eigenvalue weighted by Gasteiger charge is -2.32. The van der Waals surface area contributed by atoms with Gasteiger partial charge in [0, 0.05) is 25.3 Å². The van der Waals surface area contributed by atoms with E-state index >= 15 is 0 Å². The van der Waals surface area contributed by atoms with Gasteiger partial charge in [-0.2, -0.15) is 0 Å². The van der Waals surface area contributed by atoms with Crippen LogP contribution in [0, 0.1) is 6.92 Å². The van der Waals surface area contributed by atoms with Crippen LogP contribution in [0.3, 0.4) is 0 Å². The van der Waals surface area contributed by atoms with Crippen LogP contribution in [0.5, 0.6) is 0 Å². The summed E-state index contributed by atoms with van der Waals surface area (Å²) in [6.07, 6.45) is 4.80. The predicted octanol–water partition coefficient (Wildman–Crippen LogP) is 2.66. The van der Waals surface area contributed by atoms with E-state index in [1.165, 1.54) is 0 Å². The van der Waals surface area contributed by atoms with Gasteiger partial charge in [-0.1, -0.05) is 30.4 Å². The molecule has 0 aromatic heterocycles. The van der Waals surface area contributed by atoms with E-state index in [2.05, 4.69) is 6.08 Å². The molecule has 2 amide bonds. The van der Waals surface area contributed by atoms with Gasteiger partial charge in [0.1, 0.15) is 0 Å². The molecule has 0 unspecified atom stereocenters. The Morgan fingerprint density at radius 1 is 1.29 bits per heavy atom. The average Bonchev–Trinajstić information content (AvgIpc) is 2.49. The van der Waals surface area contributed by atoms with Crippen LogP contribution >= 0.6 is 0 Å². The molecule has 21 heavy (non-hydrogen) atoms. The first-order valence-electron chi connectivity index (χ1n) is 7.08. The molecule has 112 valence electrons. The third-order valence-electron chi connectivity index (χ3n) is 3.52. The van der Waals surface area contributed by atoms with Gasteiger partial charge in [0.2, 0.25) is 0 Å². The number of carbonyl (C=O) groups excluding carboxylic acids is 1. The van der Waals surface area contributed by atoms with Crippen molar-refractivity contribution in [3.05, 3.63) is 42.0 Å². The van der Waals surface area contributed by atoms with Crippen LogP contribution in [0.4, 0.5) is 10.5 Å². The summed E-state index contributed by atoms with van der Waals surface area (Å²) >= 11 is 0. The number of para-hydroxylation sites is 1. The Labute approximate surface area is 124 Å². The first-order chi connectivity index (χ1) is 10.1. The number of aryl methyl sites for hydroxylation is 1. The molecule has 1 heterocycles. The molecule has 0 bridgehead atoms. The minimum Gasteiger partial charge on any atom is -0.481 e. The third-order valence-corrected chi connectivity index (χ3v) is 3.52. The maximum Gasteiger partial charge on any atom is 0.324 e. The molecule has 0 spiro atoms. The Kier molecular flexibility index (Phi) is 4.98. The fourth-order valence-corrected chi connectivity index (χ4v) is 2.38. The number of carbonyl (C=O) groups is 2. The molecule has 0 radical (unpaired) electrons. The van der Waals surface area contributed by atoms with Crippen LogP contribution < -0.4 is 4.90 Å². The molecule has 0 fully saturated rings. The fraction of sp³-hybridized carbons (Fsp3) is 0.375. The smallest absolute Gasteiger partial charge is 0.324 e. The Morgan fingerprint density at radius 2 is 2.05 bits per heavy atom. The van der Waals surface area contributed by atoms with E-state index in [4.69, 9.17) is 5.11 Å². The van der Waals surface area contributed by atoms with E-state index in [1.54, 1.807) is 9.80 Å². The summed E-state index contributed by atoms with van der Waals surface area (Å²) in [4.78, 5) is 26.9.